The van der Waals surface area contributed by atoms with E-state index in [1.807, 2.05) is 42.7 Å². The highest BCUT2D eigenvalue weighted by Crippen LogP contribution is 2.27. The van der Waals surface area contributed by atoms with Gasteiger partial charge in [-0.05, 0) is 37.6 Å². The minimum atomic E-state index is -4.57. The van der Waals surface area contributed by atoms with E-state index >= 15 is 0 Å². The summed E-state index contributed by atoms with van der Waals surface area (Å²) < 4.78 is 50.2. The van der Waals surface area contributed by atoms with Crippen LogP contribution < -0.4 is 0 Å². The standard InChI is InChI=1S/C19H19F2N3O2S2/c1-3-24-17(15-6-4-5-13(2)11-15)22-23-19(24)27-12-14-7-9-16(10-8-14)28(25,26)18(20)21/h4-11,18H,3,12H2,1-2H3. The van der Waals surface area contributed by atoms with E-state index in [2.05, 4.69) is 10.2 Å². The molecule has 28 heavy (non-hydrogen) atoms. The summed E-state index contributed by atoms with van der Waals surface area (Å²) >= 11 is 1.46. The van der Waals surface area contributed by atoms with Crippen LogP contribution >= 0.6 is 11.8 Å². The van der Waals surface area contributed by atoms with Crippen molar-refractivity contribution < 1.29 is 17.2 Å². The highest BCUT2D eigenvalue weighted by atomic mass is 32.2. The van der Waals surface area contributed by atoms with Crippen LogP contribution in [0.2, 0.25) is 0 Å². The molecular formula is C19H19F2N3O2S2. The number of alkyl halides is 2. The van der Waals surface area contributed by atoms with Crippen molar-refractivity contribution in [1.29, 1.82) is 0 Å². The molecule has 5 nitrogen and oxygen atoms in total. The lowest BCUT2D eigenvalue weighted by Gasteiger charge is -2.08. The quantitative estimate of drug-likeness (QED) is 0.521. The van der Waals surface area contributed by atoms with Crippen LogP contribution in [0, 0.1) is 6.92 Å². The number of sulfone groups is 1. The Morgan fingerprint density at radius 1 is 1.11 bits per heavy atom. The van der Waals surface area contributed by atoms with Gasteiger partial charge in [-0.1, -0.05) is 47.7 Å². The van der Waals surface area contributed by atoms with Crippen LogP contribution in [0.3, 0.4) is 0 Å². The highest BCUT2D eigenvalue weighted by Gasteiger charge is 2.26. The summed E-state index contributed by atoms with van der Waals surface area (Å²) in [6.07, 6.45) is 0. The van der Waals surface area contributed by atoms with E-state index in [0.29, 0.717) is 12.3 Å². The maximum absolute atomic E-state index is 12.6. The van der Waals surface area contributed by atoms with Crippen molar-refractivity contribution in [1.82, 2.24) is 14.8 Å². The number of hydrogen-bond acceptors (Lipinski definition) is 5. The number of nitrogens with zero attached hydrogens (tertiary/aromatic N) is 3. The third-order valence-electron chi connectivity index (χ3n) is 4.16. The fourth-order valence-electron chi connectivity index (χ4n) is 2.70. The topological polar surface area (TPSA) is 64.8 Å². The smallest absolute Gasteiger partial charge is 0.302 e. The molecule has 0 aliphatic carbocycles. The Balaban J connectivity index is 1.77. The molecule has 1 heterocycles. The molecule has 3 aromatic rings. The molecule has 0 saturated heterocycles. The Hall–Kier alpha value is -2.26. The molecule has 3 rings (SSSR count). The second-order valence-corrected chi connectivity index (χ2v) is 9.02. The van der Waals surface area contributed by atoms with Crippen molar-refractivity contribution in [3.8, 4) is 11.4 Å². The third kappa shape index (κ3) is 4.25. The summed E-state index contributed by atoms with van der Waals surface area (Å²) in [6, 6.07) is 13.5. The van der Waals surface area contributed by atoms with Gasteiger partial charge in [0.2, 0.25) is 9.84 Å². The van der Waals surface area contributed by atoms with Crippen molar-refractivity contribution in [2.24, 2.45) is 0 Å². The molecule has 0 saturated carbocycles. The average Bonchev–Trinajstić information content (AvgIpc) is 3.09. The zero-order chi connectivity index (χ0) is 20.3. The van der Waals surface area contributed by atoms with Gasteiger partial charge in [0.1, 0.15) is 0 Å². The molecule has 9 heteroatoms. The van der Waals surface area contributed by atoms with E-state index in [1.54, 1.807) is 0 Å². The normalized spacial score (nSPS) is 11.9. The van der Waals surface area contributed by atoms with Crippen molar-refractivity contribution in [3.63, 3.8) is 0 Å². The second-order valence-electron chi connectivity index (χ2n) is 6.16. The van der Waals surface area contributed by atoms with Crippen molar-refractivity contribution >= 4 is 21.6 Å². The number of halogens is 2. The van der Waals surface area contributed by atoms with Crippen molar-refractivity contribution in [3.05, 3.63) is 59.7 Å². The fraction of sp³-hybridized carbons (Fsp3) is 0.263. The monoisotopic (exact) mass is 423 g/mol. The molecule has 0 atom stereocenters. The predicted octanol–water partition coefficient (Wildman–Crippen LogP) is 4.56. The minimum absolute atomic E-state index is 0.380. The number of aromatic nitrogens is 3. The van der Waals surface area contributed by atoms with Gasteiger partial charge in [0.15, 0.2) is 11.0 Å². The molecule has 0 bridgehead atoms. The first-order valence-corrected chi connectivity index (χ1v) is 11.1. The molecular weight excluding hydrogens is 404 g/mol. The Bertz CT molecular complexity index is 1070. The number of rotatable bonds is 7. The number of thioether (sulfide) groups is 1. The van der Waals surface area contributed by atoms with Crippen LogP contribution in [-0.2, 0) is 22.1 Å². The van der Waals surface area contributed by atoms with Crippen LogP contribution in [-0.4, -0.2) is 28.9 Å². The van der Waals surface area contributed by atoms with E-state index in [1.165, 1.54) is 36.0 Å². The fourth-order valence-corrected chi connectivity index (χ4v) is 4.38. The molecule has 2 aromatic carbocycles. The van der Waals surface area contributed by atoms with Crippen molar-refractivity contribution in [2.45, 2.75) is 42.0 Å². The van der Waals surface area contributed by atoms with Crippen LogP contribution in [0.15, 0.2) is 58.6 Å². The number of aryl methyl sites for hydroxylation is 1. The molecule has 0 N–H and O–H groups in total. The lowest BCUT2D eigenvalue weighted by atomic mass is 10.1. The van der Waals surface area contributed by atoms with E-state index in [-0.39, 0.29) is 4.90 Å². The van der Waals surface area contributed by atoms with Gasteiger partial charge in [0, 0.05) is 17.9 Å². The molecule has 0 aliphatic rings. The third-order valence-corrected chi connectivity index (χ3v) is 6.60. The maximum Gasteiger partial charge on any atom is 0.341 e. The lowest BCUT2D eigenvalue weighted by molar-refractivity contribution is 0.234. The molecule has 0 spiro atoms. The van der Waals surface area contributed by atoms with Gasteiger partial charge in [-0.3, -0.25) is 0 Å². The predicted molar refractivity (Wildman–Crippen MR) is 105 cm³/mol. The van der Waals surface area contributed by atoms with Gasteiger partial charge >= 0.3 is 5.76 Å². The van der Waals surface area contributed by atoms with Gasteiger partial charge in [-0.15, -0.1) is 10.2 Å². The first kappa shape index (κ1) is 20.5. The summed E-state index contributed by atoms with van der Waals surface area (Å²) in [5.41, 5.74) is 2.93. The Morgan fingerprint density at radius 2 is 1.82 bits per heavy atom. The van der Waals surface area contributed by atoms with Crippen molar-refractivity contribution in [2.75, 3.05) is 0 Å². The van der Waals surface area contributed by atoms with Crippen LogP contribution in [0.5, 0.6) is 0 Å². The van der Waals surface area contributed by atoms with E-state index in [0.717, 1.165) is 27.7 Å². The van der Waals surface area contributed by atoms with Crippen LogP contribution in [0.4, 0.5) is 8.78 Å². The average molecular weight is 424 g/mol. The Morgan fingerprint density at radius 3 is 2.43 bits per heavy atom. The Kier molecular flexibility index (Phi) is 6.14. The summed E-state index contributed by atoms with van der Waals surface area (Å²) in [5.74, 6) is -2.12. The summed E-state index contributed by atoms with van der Waals surface area (Å²) in [7, 11) is -4.57. The molecule has 0 unspecified atom stereocenters. The molecule has 0 aliphatic heterocycles. The number of hydrogen-bond donors (Lipinski definition) is 0. The second kappa shape index (κ2) is 8.40. The summed E-state index contributed by atoms with van der Waals surface area (Å²) in [6.45, 7) is 4.73. The molecule has 1 aromatic heterocycles. The summed E-state index contributed by atoms with van der Waals surface area (Å²) in [5, 5.41) is 9.31. The first-order valence-electron chi connectivity index (χ1n) is 8.57. The SMILES string of the molecule is CCn1c(SCc2ccc(S(=O)(=O)C(F)F)cc2)nnc1-c1cccc(C)c1. The van der Waals surface area contributed by atoms with E-state index in [9.17, 15) is 17.2 Å². The van der Waals surface area contributed by atoms with Gasteiger partial charge in [0.25, 0.3) is 0 Å². The van der Waals surface area contributed by atoms with E-state index < -0.39 is 15.6 Å². The van der Waals surface area contributed by atoms with Gasteiger partial charge in [-0.25, -0.2) is 8.42 Å². The molecule has 0 radical (unpaired) electrons. The highest BCUT2D eigenvalue weighted by molar-refractivity contribution is 7.98. The first-order chi connectivity index (χ1) is 13.3. The van der Waals surface area contributed by atoms with Crippen LogP contribution in [0.1, 0.15) is 18.1 Å². The van der Waals surface area contributed by atoms with Gasteiger partial charge < -0.3 is 4.57 Å². The minimum Gasteiger partial charge on any atom is -0.302 e. The van der Waals surface area contributed by atoms with Crippen LogP contribution in [0.25, 0.3) is 11.4 Å². The van der Waals surface area contributed by atoms with E-state index in [4.69, 9.17) is 0 Å². The molecule has 148 valence electrons. The maximum atomic E-state index is 12.6. The lowest BCUT2D eigenvalue weighted by Crippen LogP contribution is -2.11. The van der Waals surface area contributed by atoms with Gasteiger partial charge in [0.05, 0.1) is 4.90 Å². The van der Waals surface area contributed by atoms with Gasteiger partial charge in [-0.2, -0.15) is 8.78 Å². The largest absolute Gasteiger partial charge is 0.341 e. The Labute approximate surface area is 166 Å². The number of benzene rings is 2. The summed E-state index contributed by atoms with van der Waals surface area (Å²) in [4.78, 5) is -0.380. The molecule has 0 amide bonds. The zero-order valence-corrected chi connectivity index (χ0v) is 17.0. The molecule has 0 fully saturated rings. The zero-order valence-electron chi connectivity index (χ0n) is 15.3.